The first kappa shape index (κ1) is 26.0. The van der Waals surface area contributed by atoms with E-state index in [1.165, 1.54) is 19.0 Å². The molecule has 0 aliphatic rings. The molecular formula is C15H27FmN2O2-. The SMILES string of the molecule is CC.CN([C-]=O)CC=O.CNC.Cc1ccccc1.[Fm]. The van der Waals surface area contributed by atoms with E-state index in [-0.39, 0.29) is 6.54 Å². The molecule has 0 radical (unpaired) electrons. The zero-order chi connectivity index (χ0) is 15.5. The van der Waals surface area contributed by atoms with Crippen molar-refractivity contribution in [3.05, 3.63) is 35.9 Å². The minimum Gasteiger partial charge on any atom is -0.520 e. The van der Waals surface area contributed by atoms with Gasteiger partial charge in [-0.3, -0.25) is 0 Å². The largest absolute Gasteiger partial charge is 0.520 e. The maximum absolute atomic E-state index is 9.55. The van der Waals surface area contributed by atoms with Crippen LogP contribution in [0.25, 0.3) is 0 Å². The number of carbonyl (C=O) groups excluding carboxylic acids is 2. The summed E-state index contributed by atoms with van der Waals surface area (Å²) in [5, 5.41) is 2.75. The van der Waals surface area contributed by atoms with Gasteiger partial charge < -0.3 is 19.8 Å². The molecule has 0 fully saturated rings. The Labute approximate surface area is 117 Å². The average Bonchev–Trinajstić information content (AvgIpc) is 2.44. The molecule has 0 aliphatic carbocycles. The fraction of sp³-hybridized carbons (Fsp3) is 0.467. The van der Waals surface area contributed by atoms with Gasteiger partial charge in [-0.1, -0.05) is 49.7 Å². The number of aldehydes is 1. The molecule has 0 aromatic heterocycles. The van der Waals surface area contributed by atoms with Gasteiger partial charge in [-0.25, -0.2) is 0 Å². The van der Waals surface area contributed by atoms with Gasteiger partial charge in [-0.15, -0.1) is 0 Å². The molecule has 0 heterocycles. The molecule has 122 valence electrons. The predicted molar refractivity (Wildman–Crippen MR) is 81.9 cm³/mol. The molecule has 1 aromatic rings. The third kappa shape index (κ3) is 29.5. The van der Waals surface area contributed by atoms with E-state index >= 15 is 0 Å². The van der Waals surface area contributed by atoms with Crippen LogP contribution in [0, 0.1) is 6.92 Å². The molecule has 4 nitrogen and oxygen atoms in total. The second kappa shape index (κ2) is 25.2. The second-order valence-corrected chi connectivity index (χ2v) is 3.29. The van der Waals surface area contributed by atoms with Gasteiger partial charge in [0.2, 0.25) is 0 Å². The summed E-state index contributed by atoms with van der Waals surface area (Å²) in [6.45, 7) is 6.21. The Morgan fingerprint density at radius 2 is 1.60 bits per heavy atom. The number of hydrogen-bond acceptors (Lipinski definition) is 3. The Kier molecular flexibility index (Phi) is 32.8. The van der Waals surface area contributed by atoms with Crippen molar-refractivity contribution in [3.63, 3.8) is 0 Å². The van der Waals surface area contributed by atoms with Gasteiger partial charge in [0.05, 0.1) is 0 Å². The average molecular weight is 524 g/mol. The summed E-state index contributed by atoms with van der Waals surface area (Å²) < 4.78 is 0. The first-order valence-electron chi connectivity index (χ1n) is 6.25. The molecule has 0 spiro atoms. The van der Waals surface area contributed by atoms with Crippen LogP contribution in [0.15, 0.2) is 30.3 Å². The van der Waals surface area contributed by atoms with E-state index in [0.717, 1.165) is 4.90 Å². The zero-order valence-electron chi connectivity index (χ0n) is 13.2. The van der Waals surface area contributed by atoms with Crippen LogP contribution >= 0.6 is 0 Å². The molecular weight excluding hydrogens is 497 g/mol. The maximum Gasteiger partial charge on any atom is 0.136 e. The summed E-state index contributed by atoms with van der Waals surface area (Å²) in [4.78, 5) is 20.2. The van der Waals surface area contributed by atoms with Crippen molar-refractivity contribution < 1.29 is 9.59 Å². The predicted octanol–water partition coefficient (Wildman–Crippen LogP) is 2.04. The van der Waals surface area contributed by atoms with Gasteiger partial charge in [0.25, 0.3) is 0 Å². The zero-order valence-corrected chi connectivity index (χ0v) is 15.6. The molecule has 5 heteroatoms. The van der Waals surface area contributed by atoms with E-state index in [1.54, 1.807) is 0 Å². The Morgan fingerprint density at radius 3 is 1.75 bits per heavy atom. The van der Waals surface area contributed by atoms with Crippen molar-refractivity contribution in [2.75, 3.05) is 27.7 Å². The number of rotatable bonds is 3. The van der Waals surface area contributed by atoms with Crippen molar-refractivity contribution >= 4 is 12.7 Å². The molecule has 0 unspecified atom stereocenters. The van der Waals surface area contributed by atoms with E-state index < -0.39 is 0 Å². The third-order valence-corrected chi connectivity index (χ3v) is 1.44. The Balaban J connectivity index is -0.0000000939. The monoisotopic (exact) mass is 524 g/mol. The minimum atomic E-state index is 0. The third-order valence-electron chi connectivity index (χ3n) is 1.44. The van der Waals surface area contributed by atoms with Gasteiger partial charge in [-0.2, -0.15) is 6.41 Å². The standard InChI is InChI=1S/C7H8.C4H6NO2.C2H7N.C2H6.Fm/c1-7-5-3-2-4-6-7;1-5(4-7)2-3-6;1-3-2;1-2;/h2-6H,1H3;3H,2H2,1H3;3H,1-2H3;1-2H3;/q;-1;;;. The number of likely N-dealkylation sites (N-methyl/N-ethyl adjacent to an activating group) is 1. The van der Waals surface area contributed by atoms with Crippen LogP contribution in [0.5, 0.6) is 0 Å². The smallest absolute Gasteiger partial charge is 0.136 e. The van der Waals surface area contributed by atoms with E-state index in [0.29, 0.717) is 6.29 Å². The number of amides is 1. The molecule has 0 saturated heterocycles. The van der Waals surface area contributed by atoms with E-state index in [4.69, 9.17) is 0 Å². The van der Waals surface area contributed by atoms with Crippen LogP contribution in [0.1, 0.15) is 19.4 Å². The summed E-state index contributed by atoms with van der Waals surface area (Å²) in [5.74, 6) is 0. The normalized spacial score (nSPS) is 6.90. The van der Waals surface area contributed by atoms with Gasteiger partial charge in [0, 0.05) is 6.54 Å². The van der Waals surface area contributed by atoms with E-state index in [2.05, 4.69) is 24.4 Å². The molecule has 1 rings (SSSR count). The number of nitrogens with zero attached hydrogens (tertiary/aromatic N) is 1. The Bertz CT molecular complexity index is 282. The Hall–Kier alpha value is -2.68. The van der Waals surface area contributed by atoms with Gasteiger partial charge in [0.15, 0.2) is 0 Å². The quantitative estimate of drug-likeness (QED) is 0.374. The topological polar surface area (TPSA) is 49.4 Å². The minimum absolute atomic E-state index is 0. The molecule has 20 heavy (non-hydrogen) atoms. The fourth-order valence-corrected chi connectivity index (χ4v) is 0.683. The van der Waals surface area contributed by atoms with Crippen LogP contribution in [0.2, 0.25) is 0 Å². The molecule has 0 bridgehead atoms. The number of nitrogens with one attached hydrogen (secondary N) is 1. The van der Waals surface area contributed by atoms with Crippen LogP contribution in [0.4, 0.5) is 0 Å². The number of benzene rings is 1. The fourth-order valence-electron chi connectivity index (χ4n) is 0.683. The van der Waals surface area contributed by atoms with Crippen molar-refractivity contribution in [2.45, 2.75) is 20.8 Å². The van der Waals surface area contributed by atoms with Gasteiger partial charge in [0.1, 0.15) is 6.29 Å². The van der Waals surface area contributed by atoms with E-state index in [9.17, 15) is 9.59 Å². The van der Waals surface area contributed by atoms with Crippen molar-refractivity contribution in [1.29, 1.82) is 0 Å². The summed E-state index contributed by atoms with van der Waals surface area (Å²) in [6, 6.07) is 10.3. The molecule has 1 aromatic carbocycles. The number of carbonyl (C=O) groups is 1. The maximum atomic E-state index is 9.55. The Morgan fingerprint density at radius 1 is 1.20 bits per heavy atom. The van der Waals surface area contributed by atoms with Crippen molar-refractivity contribution in [3.8, 4) is 0 Å². The summed E-state index contributed by atoms with van der Waals surface area (Å²) in [5.41, 5.74) is 1.32. The summed E-state index contributed by atoms with van der Waals surface area (Å²) in [6.07, 6.45) is 2.16. The summed E-state index contributed by atoms with van der Waals surface area (Å²) >= 11 is 0. The molecule has 0 saturated carbocycles. The first-order valence-corrected chi connectivity index (χ1v) is 6.25. The van der Waals surface area contributed by atoms with Gasteiger partial charge in [-0.05, 0) is 28.1 Å². The van der Waals surface area contributed by atoms with Gasteiger partial charge >= 0.3 is 0 Å². The molecule has 1 amide bonds. The first-order chi connectivity index (χ1) is 9.12. The van der Waals surface area contributed by atoms with Crippen molar-refractivity contribution in [1.82, 2.24) is 10.2 Å². The van der Waals surface area contributed by atoms with Crippen LogP contribution in [-0.2, 0) is 9.59 Å². The number of hydrogen-bond donors (Lipinski definition) is 1. The molecule has 0 atom stereocenters. The van der Waals surface area contributed by atoms with Crippen LogP contribution < -0.4 is 5.32 Å². The van der Waals surface area contributed by atoms with E-state index in [1.807, 2.05) is 46.1 Å². The van der Waals surface area contributed by atoms with Crippen molar-refractivity contribution in [2.24, 2.45) is 0 Å². The second-order valence-electron chi connectivity index (χ2n) is 3.29. The van der Waals surface area contributed by atoms with Crippen LogP contribution in [0.3, 0.4) is 0 Å². The number of aryl methyl sites for hydroxylation is 1. The van der Waals surface area contributed by atoms with Crippen LogP contribution in [-0.4, -0.2) is 45.3 Å². The molecule has 1 N–H and O–H groups in total. The molecule has 0 aliphatic heterocycles. The summed E-state index contributed by atoms with van der Waals surface area (Å²) in [7, 11) is 5.24.